The van der Waals surface area contributed by atoms with E-state index in [1.165, 1.54) is 0 Å². The molecule has 0 aliphatic heterocycles. The van der Waals surface area contributed by atoms with Crippen LogP contribution >= 0.6 is 0 Å². The first kappa shape index (κ1) is 14.1. The number of aromatic hydroxyl groups is 1. The van der Waals surface area contributed by atoms with Crippen molar-refractivity contribution < 1.29 is 14.6 Å². The fourth-order valence-electron chi connectivity index (χ4n) is 2.40. The van der Waals surface area contributed by atoms with Gasteiger partial charge in [0.05, 0.1) is 23.4 Å². The minimum atomic E-state index is -0.339. The van der Waals surface area contributed by atoms with Gasteiger partial charge in [-0.1, -0.05) is 0 Å². The first-order valence-corrected chi connectivity index (χ1v) is 7.05. The molecule has 3 rings (SSSR count). The molecule has 1 N–H and O–H groups in total. The van der Waals surface area contributed by atoms with Crippen LogP contribution in [0.25, 0.3) is 16.8 Å². The number of hydrogen-bond acceptors (Lipinski definition) is 4. The molecule has 0 fully saturated rings. The molecule has 0 saturated heterocycles. The fraction of sp³-hybridized carbons (Fsp3) is 0.176. The number of aromatic nitrogens is 2. The number of ether oxygens (including phenoxy) is 1. The Hall–Kier alpha value is -2.82. The van der Waals surface area contributed by atoms with E-state index in [9.17, 15) is 9.90 Å². The number of rotatable bonds is 3. The summed E-state index contributed by atoms with van der Waals surface area (Å²) < 4.78 is 6.72. The van der Waals surface area contributed by atoms with Gasteiger partial charge in [-0.25, -0.2) is 9.31 Å². The van der Waals surface area contributed by atoms with Crippen molar-refractivity contribution in [2.45, 2.75) is 13.8 Å². The Morgan fingerprint density at radius 3 is 2.82 bits per heavy atom. The Balaban J connectivity index is 2.04. The molecule has 0 unspecified atom stereocenters. The highest BCUT2D eigenvalue weighted by Gasteiger charge is 2.11. The van der Waals surface area contributed by atoms with Gasteiger partial charge in [0.2, 0.25) is 0 Å². The van der Waals surface area contributed by atoms with E-state index in [0.29, 0.717) is 12.2 Å². The summed E-state index contributed by atoms with van der Waals surface area (Å²) in [5.41, 5.74) is 3.99. The quantitative estimate of drug-likeness (QED) is 0.754. The summed E-state index contributed by atoms with van der Waals surface area (Å²) in [6, 6.07) is 10.5. The lowest BCUT2D eigenvalue weighted by molar-refractivity contribution is 0.0526. The number of carbonyl (C=O) groups is 1. The minimum absolute atomic E-state index is 0.231. The number of pyridine rings is 1. The predicted molar refractivity (Wildman–Crippen MR) is 83.0 cm³/mol. The van der Waals surface area contributed by atoms with E-state index in [-0.39, 0.29) is 11.7 Å². The first-order chi connectivity index (χ1) is 10.6. The van der Waals surface area contributed by atoms with Gasteiger partial charge in [-0.2, -0.15) is 5.10 Å². The molecule has 2 aromatic heterocycles. The van der Waals surface area contributed by atoms with E-state index < -0.39 is 0 Å². The number of esters is 1. The third-order valence-corrected chi connectivity index (χ3v) is 3.46. The molecule has 0 amide bonds. The Morgan fingerprint density at radius 1 is 1.27 bits per heavy atom. The van der Waals surface area contributed by atoms with Crippen LogP contribution < -0.4 is 0 Å². The van der Waals surface area contributed by atoms with Crippen LogP contribution in [0.5, 0.6) is 5.75 Å². The second kappa shape index (κ2) is 5.52. The van der Waals surface area contributed by atoms with Crippen LogP contribution in [0.4, 0.5) is 0 Å². The molecule has 2 heterocycles. The summed E-state index contributed by atoms with van der Waals surface area (Å²) in [6.45, 7) is 4.05. The van der Waals surface area contributed by atoms with Crippen LogP contribution in [-0.2, 0) is 4.74 Å². The molecule has 1 aromatic carbocycles. The van der Waals surface area contributed by atoms with Gasteiger partial charge in [0.25, 0.3) is 0 Å². The average molecular weight is 296 g/mol. The lowest BCUT2D eigenvalue weighted by atomic mass is 10.1. The normalized spacial score (nSPS) is 10.8. The molecular weight excluding hydrogens is 280 g/mol. The molecule has 5 heteroatoms. The van der Waals surface area contributed by atoms with Gasteiger partial charge in [0.1, 0.15) is 5.75 Å². The summed E-state index contributed by atoms with van der Waals surface area (Å²) >= 11 is 0. The zero-order valence-corrected chi connectivity index (χ0v) is 12.4. The van der Waals surface area contributed by atoms with E-state index in [1.807, 2.05) is 19.1 Å². The number of nitrogens with zero attached hydrogens (tertiary/aromatic N) is 2. The van der Waals surface area contributed by atoms with E-state index in [2.05, 4.69) is 5.10 Å². The molecule has 0 aliphatic carbocycles. The Kier molecular flexibility index (Phi) is 3.55. The van der Waals surface area contributed by atoms with Crippen molar-refractivity contribution in [1.82, 2.24) is 9.61 Å². The van der Waals surface area contributed by atoms with Crippen molar-refractivity contribution in [3.05, 3.63) is 53.7 Å². The Labute approximate surface area is 127 Å². The van der Waals surface area contributed by atoms with Crippen LogP contribution in [-0.4, -0.2) is 27.3 Å². The molecule has 22 heavy (non-hydrogen) atoms. The number of phenols is 1. The van der Waals surface area contributed by atoms with Gasteiger partial charge in [0.15, 0.2) is 0 Å². The summed E-state index contributed by atoms with van der Waals surface area (Å²) in [7, 11) is 0. The zero-order valence-electron chi connectivity index (χ0n) is 12.4. The SMILES string of the molecule is CCOC(=O)c1ccn2nc(-c3ccc(O)cc3C)cc2c1. The van der Waals surface area contributed by atoms with Crippen LogP contribution in [0.15, 0.2) is 42.6 Å². The molecule has 3 aromatic rings. The molecule has 112 valence electrons. The molecular formula is C17H16N2O3. The maximum atomic E-state index is 11.8. The van der Waals surface area contributed by atoms with E-state index >= 15 is 0 Å². The lowest BCUT2D eigenvalue weighted by Gasteiger charge is -2.02. The van der Waals surface area contributed by atoms with Crippen molar-refractivity contribution in [3.8, 4) is 17.0 Å². The fourth-order valence-corrected chi connectivity index (χ4v) is 2.40. The zero-order chi connectivity index (χ0) is 15.7. The second-order valence-electron chi connectivity index (χ2n) is 5.03. The maximum absolute atomic E-state index is 11.8. The van der Waals surface area contributed by atoms with Crippen LogP contribution in [0.1, 0.15) is 22.8 Å². The maximum Gasteiger partial charge on any atom is 0.338 e. The Bertz CT molecular complexity index is 852. The minimum Gasteiger partial charge on any atom is -0.508 e. The molecule has 0 aliphatic rings. The smallest absolute Gasteiger partial charge is 0.338 e. The van der Waals surface area contributed by atoms with E-state index in [0.717, 1.165) is 22.3 Å². The lowest BCUT2D eigenvalue weighted by Crippen LogP contribution is -2.05. The molecule has 5 nitrogen and oxygen atoms in total. The highest BCUT2D eigenvalue weighted by Crippen LogP contribution is 2.26. The third-order valence-electron chi connectivity index (χ3n) is 3.46. The molecule has 0 spiro atoms. The topological polar surface area (TPSA) is 63.8 Å². The second-order valence-corrected chi connectivity index (χ2v) is 5.03. The van der Waals surface area contributed by atoms with Gasteiger partial charge >= 0.3 is 5.97 Å². The molecule has 0 saturated carbocycles. The summed E-state index contributed by atoms with van der Waals surface area (Å²) in [4.78, 5) is 11.8. The number of hydrogen-bond donors (Lipinski definition) is 1. The monoisotopic (exact) mass is 296 g/mol. The first-order valence-electron chi connectivity index (χ1n) is 7.05. The van der Waals surface area contributed by atoms with E-state index in [4.69, 9.17) is 4.74 Å². The molecule has 0 bridgehead atoms. The van der Waals surface area contributed by atoms with E-state index in [1.54, 1.807) is 41.9 Å². The van der Waals surface area contributed by atoms with Gasteiger partial charge < -0.3 is 9.84 Å². The van der Waals surface area contributed by atoms with Crippen LogP contribution in [0.2, 0.25) is 0 Å². The van der Waals surface area contributed by atoms with Gasteiger partial charge in [0, 0.05) is 11.8 Å². The third kappa shape index (κ3) is 2.53. The highest BCUT2D eigenvalue weighted by molar-refractivity contribution is 5.91. The molecule has 0 atom stereocenters. The number of fused-ring (bicyclic) bond motifs is 1. The largest absolute Gasteiger partial charge is 0.508 e. The number of phenolic OH excluding ortho intramolecular Hbond substituents is 1. The number of carbonyl (C=O) groups excluding carboxylic acids is 1. The van der Waals surface area contributed by atoms with Crippen molar-refractivity contribution in [1.29, 1.82) is 0 Å². The van der Waals surface area contributed by atoms with Crippen molar-refractivity contribution in [3.63, 3.8) is 0 Å². The average Bonchev–Trinajstić information content (AvgIpc) is 2.89. The standard InChI is InChI=1S/C17H16N2O3/c1-3-22-17(21)12-6-7-19-13(9-12)10-16(18-19)15-5-4-14(20)8-11(15)2/h4-10,20H,3H2,1-2H3. The highest BCUT2D eigenvalue weighted by atomic mass is 16.5. The summed E-state index contributed by atoms with van der Waals surface area (Å²) in [5, 5.41) is 14.0. The number of aryl methyl sites for hydroxylation is 1. The van der Waals surface area contributed by atoms with Gasteiger partial charge in [-0.3, -0.25) is 0 Å². The molecule has 0 radical (unpaired) electrons. The van der Waals surface area contributed by atoms with Crippen LogP contribution in [0, 0.1) is 6.92 Å². The van der Waals surface area contributed by atoms with Crippen molar-refractivity contribution >= 4 is 11.5 Å². The van der Waals surface area contributed by atoms with Crippen LogP contribution in [0.3, 0.4) is 0 Å². The summed E-state index contributed by atoms with van der Waals surface area (Å²) in [5.74, 6) is -0.108. The van der Waals surface area contributed by atoms with Gasteiger partial charge in [-0.05, 0) is 55.8 Å². The summed E-state index contributed by atoms with van der Waals surface area (Å²) in [6.07, 6.45) is 1.74. The van der Waals surface area contributed by atoms with Crippen molar-refractivity contribution in [2.24, 2.45) is 0 Å². The number of benzene rings is 1. The van der Waals surface area contributed by atoms with Crippen molar-refractivity contribution in [2.75, 3.05) is 6.61 Å². The Morgan fingerprint density at radius 2 is 2.09 bits per heavy atom. The predicted octanol–water partition coefficient (Wildman–Crippen LogP) is 3.19. The van der Waals surface area contributed by atoms with Gasteiger partial charge in [-0.15, -0.1) is 0 Å².